The molecule has 0 spiro atoms. The minimum atomic E-state index is -5.08. The number of halogens is 6. The molecule has 2 aliphatic rings. The first kappa shape index (κ1) is 35.1. The molecule has 0 unspecified atom stereocenters. The second-order valence-corrected chi connectivity index (χ2v) is 9.53. The maximum atomic E-state index is 12.8. The van der Waals surface area contributed by atoms with Crippen LogP contribution in [0.15, 0.2) is 36.4 Å². The standard InChI is InChI=1S/C23H31N5O.2C2HF3O2/c1-17-16-20(27-11-7-24-8-12-27)4-5-21(17)26-23(29)19-3-6-22(18(2)15-19)28-13-9-25-10-14-28;2*3-2(4,5)1(6)7/h3-6,15-16,24-25H,7-14H2,1-2H3,(H,26,29);2*(H,6,7). The van der Waals surface area contributed by atoms with E-state index in [0.29, 0.717) is 5.56 Å². The Morgan fingerprint density at radius 3 is 1.60 bits per heavy atom. The minimum absolute atomic E-state index is 0.0574. The highest BCUT2D eigenvalue weighted by molar-refractivity contribution is 6.05. The lowest BCUT2D eigenvalue weighted by Crippen LogP contribution is -2.43. The average Bonchev–Trinajstić information content (AvgIpc) is 2.94. The van der Waals surface area contributed by atoms with E-state index in [9.17, 15) is 31.1 Å². The van der Waals surface area contributed by atoms with Gasteiger partial charge in [-0.25, -0.2) is 9.59 Å². The maximum absolute atomic E-state index is 12.8. The fourth-order valence-corrected chi connectivity index (χ4v) is 4.16. The molecular weight excluding hydrogens is 588 g/mol. The van der Waals surface area contributed by atoms with Gasteiger partial charge >= 0.3 is 24.3 Å². The topological polar surface area (TPSA) is 134 Å². The number of hydrogen-bond acceptors (Lipinski definition) is 7. The molecule has 2 heterocycles. The molecule has 238 valence electrons. The molecule has 16 heteroatoms. The minimum Gasteiger partial charge on any atom is -0.475 e. The van der Waals surface area contributed by atoms with Crippen LogP contribution in [0.4, 0.5) is 43.4 Å². The van der Waals surface area contributed by atoms with Crippen LogP contribution < -0.4 is 25.8 Å². The van der Waals surface area contributed by atoms with Gasteiger partial charge < -0.3 is 36.0 Å². The highest BCUT2D eigenvalue weighted by atomic mass is 19.4. The van der Waals surface area contributed by atoms with Crippen molar-refractivity contribution in [2.24, 2.45) is 0 Å². The molecule has 2 aliphatic heterocycles. The van der Waals surface area contributed by atoms with Gasteiger partial charge in [0.2, 0.25) is 0 Å². The molecule has 2 fully saturated rings. The molecule has 4 rings (SSSR count). The molecule has 2 aromatic rings. The number of carbonyl (C=O) groups is 3. The van der Waals surface area contributed by atoms with Crippen molar-refractivity contribution in [1.29, 1.82) is 0 Å². The van der Waals surface area contributed by atoms with Crippen LogP contribution in [0, 0.1) is 13.8 Å². The number of carboxylic acids is 2. The number of nitrogens with zero attached hydrogens (tertiary/aromatic N) is 2. The zero-order valence-electron chi connectivity index (χ0n) is 23.4. The number of rotatable bonds is 4. The number of amides is 1. The molecular formula is C27H33F6N5O5. The second-order valence-electron chi connectivity index (χ2n) is 9.53. The third-order valence-corrected chi connectivity index (χ3v) is 6.34. The molecule has 2 aromatic carbocycles. The Morgan fingerprint density at radius 2 is 1.19 bits per heavy atom. The molecule has 43 heavy (non-hydrogen) atoms. The molecule has 5 N–H and O–H groups in total. The SMILES string of the molecule is Cc1cc(N2CCNCC2)ccc1NC(=O)c1ccc(N2CCNCC2)c(C)c1.O=C(O)C(F)(F)F.O=C(O)C(F)(F)F. The normalized spacial score (nSPS) is 15.3. The van der Waals surface area contributed by atoms with Gasteiger partial charge in [-0.1, -0.05) is 0 Å². The van der Waals surface area contributed by atoms with Gasteiger partial charge in [0, 0.05) is 75.0 Å². The lowest BCUT2D eigenvalue weighted by atomic mass is 10.1. The molecule has 0 atom stereocenters. The predicted molar refractivity (Wildman–Crippen MR) is 148 cm³/mol. The van der Waals surface area contributed by atoms with Crippen molar-refractivity contribution < 1.29 is 50.9 Å². The third kappa shape index (κ3) is 11.3. The first-order valence-electron chi connectivity index (χ1n) is 13.0. The Bertz CT molecular complexity index is 1240. The van der Waals surface area contributed by atoms with Gasteiger partial charge in [0.05, 0.1) is 0 Å². The molecule has 0 aliphatic carbocycles. The Labute approximate surface area is 243 Å². The van der Waals surface area contributed by atoms with Crippen LogP contribution in [-0.4, -0.2) is 92.8 Å². The van der Waals surface area contributed by atoms with E-state index < -0.39 is 24.3 Å². The fourth-order valence-electron chi connectivity index (χ4n) is 4.16. The lowest BCUT2D eigenvalue weighted by Gasteiger charge is -2.31. The van der Waals surface area contributed by atoms with Crippen LogP contribution >= 0.6 is 0 Å². The zero-order valence-corrected chi connectivity index (χ0v) is 23.4. The summed E-state index contributed by atoms with van der Waals surface area (Å²) in [4.78, 5) is 35.4. The summed E-state index contributed by atoms with van der Waals surface area (Å²) in [5.41, 5.74) is 6.25. The Kier molecular flexibility index (Phi) is 12.6. The van der Waals surface area contributed by atoms with Crippen molar-refractivity contribution >= 4 is 34.9 Å². The van der Waals surface area contributed by atoms with Crippen molar-refractivity contribution in [3.05, 3.63) is 53.1 Å². The lowest BCUT2D eigenvalue weighted by molar-refractivity contribution is -0.193. The quantitative estimate of drug-likeness (QED) is 0.325. The molecule has 0 aromatic heterocycles. The second kappa shape index (κ2) is 15.4. The van der Waals surface area contributed by atoms with E-state index in [1.54, 1.807) is 0 Å². The molecule has 2 saturated heterocycles. The number of benzene rings is 2. The van der Waals surface area contributed by atoms with E-state index in [-0.39, 0.29) is 5.91 Å². The number of carbonyl (C=O) groups excluding carboxylic acids is 1. The predicted octanol–water partition coefficient (Wildman–Crippen LogP) is 3.64. The van der Waals surface area contributed by atoms with E-state index >= 15 is 0 Å². The fraction of sp³-hybridized carbons (Fsp3) is 0.444. The van der Waals surface area contributed by atoms with Crippen LogP contribution in [0.3, 0.4) is 0 Å². The summed E-state index contributed by atoms with van der Waals surface area (Å²) in [5, 5.41) is 24.1. The van der Waals surface area contributed by atoms with E-state index in [2.05, 4.69) is 57.8 Å². The third-order valence-electron chi connectivity index (χ3n) is 6.34. The summed E-state index contributed by atoms with van der Waals surface area (Å²) in [5.74, 6) is -5.57. The number of anilines is 3. The van der Waals surface area contributed by atoms with Crippen molar-refractivity contribution in [2.75, 3.05) is 67.5 Å². The van der Waals surface area contributed by atoms with Gasteiger partial charge in [-0.05, 0) is 61.4 Å². The smallest absolute Gasteiger partial charge is 0.475 e. The highest BCUT2D eigenvalue weighted by Crippen LogP contribution is 2.25. The van der Waals surface area contributed by atoms with Crippen LogP contribution in [0.2, 0.25) is 0 Å². The first-order chi connectivity index (χ1) is 20.0. The van der Waals surface area contributed by atoms with Crippen LogP contribution in [0.5, 0.6) is 0 Å². The summed E-state index contributed by atoms with van der Waals surface area (Å²) in [6.07, 6.45) is -10.2. The Balaban J connectivity index is 0.000000384. The monoisotopic (exact) mass is 621 g/mol. The van der Waals surface area contributed by atoms with E-state index in [1.165, 1.54) is 11.4 Å². The molecule has 0 saturated carbocycles. The van der Waals surface area contributed by atoms with E-state index in [4.69, 9.17) is 19.8 Å². The molecule has 0 bridgehead atoms. The first-order valence-corrected chi connectivity index (χ1v) is 13.0. The number of aliphatic carboxylic acids is 2. The van der Waals surface area contributed by atoms with Gasteiger partial charge in [0.15, 0.2) is 0 Å². The van der Waals surface area contributed by atoms with Crippen LogP contribution in [0.25, 0.3) is 0 Å². The summed E-state index contributed by atoms with van der Waals surface area (Å²) in [6.45, 7) is 12.2. The molecule has 10 nitrogen and oxygen atoms in total. The Hall–Kier alpha value is -4.05. The summed E-state index contributed by atoms with van der Waals surface area (Å²) in [7, 11) is 0. The van der Waals surface area contributed by atoms with Gasteiger partial charge in [0.25, 0.3) is 5.91 Å². The van der Waals surface area contributed by atoms with Gasteiger partial charge in [-0.2, -0.15) is 26.3 Å². The van der Waals surface area contributed by atoms with Crippen LogP contribution in [0.1, 0.15) is 21.5 Å². The van der Waals surface area contributed by atoms with Crippen LogP contribution in [-0.2, 0) is 9.59 Å². The Morgan fingerprint density at radius 1 is 0.721 bits per heavy atom. The van der Waals surface area contributed by atoms with E-state index in [1.807, 2.05) is 18.2 Å². The summed E-state index contributed by atoms with van der Waals surface area (Å²) >= 11 is 0. The van der Waals surface area contributed by atoms with Gasteiger partial charge in [0.1, 0.15) is 0 Å². The number of nitrogens with one attached hydrogen (secondary N) is 3. The van der Waals surface area contributed by atoms with Gasteiger partial charge in [-0.3, -0.25) is 4.79 Å². The summed E-state index contributed by atoms with van der Waals surface area (Å²) < 4.78 is 63.5. The van der Waals surface area contributed by atoms with Crippen molar-refractivity contribution in [3.8, 4) is 0 Å². The number of alkyl halides is 6. The highest BCUT2D eigenvalue weighted by Gasteiger charge is 2.38. The number of hydrogen-bond donors (Lipinski definition) is 5. The number of piperazine rings is 2. The number of aryl methyl sites for hydroxylation is 2. The zero-order chi connectivity index (χ0) is 32.4. The maximum Gasteiger partial charge on any atom is 0.490 e. The largest absolute Gasteiger partial charge is 0.490 e. The molecule has 0 radical (unpaired) electrons. The van der Waals surface area contributed by atoms with Crippen molar-refractivity contribution in [3.63, 3.8) is 0 Å². The van der Waals surface area contributed by atoms with E-state index in [0.717, 1.165) is 69.2 Å². The summed E-state index contributed by atoms with van der Waals surface area (Å²) in [6, 6.07) is 12.3. The average molecular weight is 622 g/mol. The van der Waals surface area contributed by atoms with Gasteiger partial charge in [-0.15, -0.1) is 0 Å². The molecule has 1 amide bonds. The van der Waals surface area contributed by atoms with Crippen molar-refractivity contribution in [1.82, 2.24) is 10.6 Å². The number of carboxylic acid groups (broad SMARTS) is 2. The van der Waals surface area contributed by atoms with Crippen molar-refractivity contribution in [2.45, 2.75) is 26.2 Å².